The maximum Gasteiger partial charge on any atom is 0.234 e. The smallest absolute Gasteiger partial charge is 0.234 e. The van der Waals surface area contributed by atoms with Crippen molar-refractivity contribution in [1.82, 2.24) is 10.6 Å². The van der Waals surface area contributed by atoms with Crippen LogP contribution in [-0.4, -0.2) is 40.8 Å². The fourth-order valence-corrected chi connectivity index (χ4v) is 1.65. The van der Waals surface area contributed by atoms with Gasteiger partial charge in [-0.3, -0.25) is 4.79 Å². The lowest BCUT2D eigenvalue weighted by molar-refractivity contribution is -0.120. The van der Waals surface area contributed by atoms with Gasteiger partial charge in [-0.05, 0) is 13.1 Å². The van der Waals surface area contributed by atoms with E-state index in [1.54, 1.807) is 40.5 Å². The third kappa shape index (κ3) is 4.79. The van der Waals surface area contributed by atoms with Crippen molar-refractivity contribution in [2.24, 2.45) is 0 Å². The lowest BCUT2D eigenvalue weighted by Crippen LogP contribution is -2.31. The number of hydrogen-bond acceptors (Lipinski definition) is 5. The zero-order valence-corrected chi connectivity index (χ0v) is 12.9. The molecule has 1 aromatic rings. The van der Waals surface area contributed by atoms with E-state index in [1.807, 2.05) is 0 Å². The molecule has 0 aliphatic carbocycles. The number of carbonyl (C=O) groups is 1. The molecule has 0 aliphatic rings. The van der Waals surface area contributed by atoms with Crippen molar-refractivity contribution in [3.05, 3.63) is 17.7 Å². The molecule has 7 heteroatoms. The molecule has 0 aromatic heterocycles. The zero-order chi connectivity index (χ0) is 14.3. The Balaban J connectivity index is 0.00000361. The number of benzene rings is 1. The van der Waals surface area contributed by atoms with Gasteiger partial charge in [0.05, 0.1) is 27.9 Å². The van der Waals surface area contributed by atoms with Crippen LogP contribution in [0.15, 0.2) is 12.1 Å². The van der Waals surface area contributed by atoms with Crippen molar-refractivity contribution >= 4 is 18.3 Å². The zero-order valence-electron chi connectivity index (χ0n) is 12.1. The molecule has 114 valence electrons. The molecule has 20 heavy (non-hydrogen) atoms. The summed E-state index contributed by atoms with van der Waals surface area (Å²) in [6.45, 7) is 0.639. The lowest BCUT2D eigenvalue weighted by atomic mass is 10.1. The summed E-state index contributed by atoms with van der Waals surface area (Å²) in [5, 5.41) is 5.57. The number of methoxy groups -OCH3 is 3. The highest BCUT2D eigenvalue weighted by molar-refractivity contribution is 5.85. The Kier molecular flexibility index (Phi) is 8.51. The van der Waals surface area contributed by atoms with Crippen LogP contribution in [0.25, 0.3) is 0 Å². The third-order valence-electron chi connectivity index (χ3n) is 2.60. The Morgan fingerprint density at radius 2 is 1.60 bits per heavy atom. The molecular formula is C13H21ClN2O4. The first-order valence-electron chi connectivity index (χ1n) is 5.86. The van der Waals surface area contributed by atoms with Gasteiger partial charge in [0.2, 0.25) is 5.91 Å². The highest BCUT2D eigenvalue weighted by Crippen LogP contribution is 2.34. The molecule has 1 aromatic carbocycles. The van der Waals surface area contributed by atoms with Crippen LogP contribution in [0.1, 0.15) is 5.56 Å². The van der Waals surface area contributed by atoms with E-state index < -0.39 is 0 Å². The van der Waals surface area contributed by atoms with Gasteiger partial charge in [-0.15, -0.1) is 12.4 Å². The first-order chi connectivity index (χ1) is 9.15. The molecule has 0 fully saturated rings. The number of amides is 1. The predicted molar refractivity (Wildman–Crippen MR) is 79.1 cm³/mol. The normalized spacial score (nSPS) is 9.40. The van der Waals surface area contributed by atoms with Crippen LogP contribution in [0.5, 0.6) is 17.2 Å². The molecule has 0 bridgehead atoms. The van der Waals surface area contributed by atoms with Crippen molar-refractivity contribution in [2.75, 3.05) is 34.9 Å². The van der Waals surface area contributed by atoms with Gasteiger partial charge in [-0.25, -0.2) is 0 Å². The summed E-state index contributed by atoms with van der Waals surface area (Å²) in [7, 11) is 6.41. The highest BCUT2D eigenvalue weighted by Gasteiger charge is 2.12. The molecule has 1 rings (SSSR count). The van der Waals surface area contributed by atoms with Gasteiger partial charge in [0.25, 0.3) is 0 Å². The topological polar surface area (TPSA) is 68.8 Å². The van der Waals surface area contributed by atoms with Crippen LogP contribution in [0.3, 0.4) is 0 Å². The van der Waals surface area contributed by atoms with Crippen molar-refractivity contribution in [3.8, 4) is 17.2 Å². The second-order valence-corrected chi connectivity index (χ2v) is 3.83. The molecule has 1 amide bonds. The maximum atomic E-state index is 11.4. The van der Waals surface area contributed by atoms with Crippen LogP contribution in [-0.2, 0) is 11.3 Å². The minimum atomic E-state index is -0.0839. The second-order valence-electron chi connectivity index (χ2n) is 3.83. The van der Waals surface area contributed by atoms with Gasteiger partial charge in [-0.1, -0.05) is 0 Å². The third-order valence-corrected chi connectivity index (χ3v) is 2.60. The number of rotatable bonds is 7. The molecule has 0 aliphatic heterocycles. The SMILES string of the molecule is CNCC(=O)NCc1cc(OC)c(OC)cc1OC.Cl. The first kappa shape index (κ1) is 18.3. The molecular weight excluding hydrogens is 284 g/mol. The van der Waals surface area contributed by atoms with Crippen molar-refractivity contribution in [2.45, 2.75) is 6.54 Å². The van der Waals surface area contributed by atoms with Crippen LogP contribution in [0.4, 0.5) is 0 Å². The van der Waals surface area contributed by atoms with Crippen molar-refractivity contribution in [3.63, 3.8) is 0 Å². The number of likely N-dealkylation sites (N-methyl/N-ethyl adjacent to an activating group) is 1. The number of nitrogens with one attached hydrogen (secondary N) is 2. The van der Waals surface area contributed by atoms with Crippen LogP contribution in [0, 0.1) is 0 Å². The Hall–Kier alpha value is -1.66. The van der Waals surface area contributed by atoms with Crippen LogP contribution in [0.2, 0.25) is 0 Å². The Morgan fingerprint density at radius 3 is 2.10 bits per heavy atom. The summed E-state index contributed by atoms with van der Waals surface area (Å²) in [4.78, 5) is 11.4. The maximum absolute atomic E-state index is 11.4. The van der Waals surface area contributed by atoms with Gasteiger partial charge in [0.1, 0.15) is 5.75 Å². The van der Waals surface area contributed by atoms with E-state index in [2.05, 4.69) is 10.6 Å². The van der Waals surface area contributed by atoms with Gasteiger partial charge >= 0.3 is 0 Å². The number of carbonyl (C=O) groups excluding carboxylic acids is 1. The summed E-state index contributed by atoms with van der Waals surface area (Å²) >= 11 is 0. The Morgan fingerprint density at radius 1 is 1.05 bits per heavy atom. The largest absolute Gasteiger partial charge is 0.496 e. The quantitative estimate of drug-likeness (QED) is 0.785. The van der Waals surface area contributed by atoms with E-state index >= 15 is 0 Å². The summed E-state index contributed by atoms with van der Waals surface area (Å²) in [5.74, 6) is 1.74. The van der Waals surface area contributed by atoms with Gasteiger partial charge < -0.3 is 24.8 Å². The van der Waals surface area contributed by atoms with E-state index in [0.29, 0.717) is 23.8 Å². The Labute approximate surface area is 125 Å². The molecule has 0 unspecified atom stereocenters. The molecule has 0 saturated heterocycles. The average Bonchev–Trinajstić information content (AvgIpc) is 2.44. The van der Waals surface area contributed by atoms with Crippen LogP contribution >= 0.6 is 12.4 Å². The van der Waals surface area contributed by atoms with E-state index in [9.17, 15) is 4.79 Å². The standard InChI is InChI=1S/C13H20N2O4.ClH/c1-14-8-13(16)15-7-9-5-11(18-3)12(19-4)6-10(9)17-2;/h5-6,14H,7-8H2,1-4H3,(H,15,16);1H. The fraction of sp³-hybridized carbons (Fsp3) is 0.462. The number of halogens is 1. The van der Waals surface area contributed by atoms with Crippen molar-refractivity contribution in [1.29, 1.82) is 0 Å². The molecule has 0 radical (unpaired) electrons. The minimum Gasteiger partial charge on any atom is -0.496 e. The van der Waals surface area contributed by atoms with Crippen molar-refractivity contribution < 1.29 is 19.0 Å². The summed E-state index contributed by atoms with van der Waals surface area (Å²) in [6.07, 6.45) is 0. The van der Waals surface area contributed by atoms with E-state index in [0.717, 1.165) is 5.56 Å². The van der Waals surface area contributed by atoms with Gasteiger partial charge in [0.15, 0.2) is 11.5 Å². The lowest BCUT2D eigenvalue weighted by Gasteiger charge is -2.14. The van der Waals surface area contributed by atoms with E-state index in [1.165, 1.54) is 0 Å². The van der Waals surface area contributed by atoms with Crippen LogP contribution < -0.4 is 24.8 Å². The highest BCUT2D eigenvalue weighted by atomic mass is 35.5. The van der Waals surface area contributed by atoms with E-state index in [4.69, 9.17) is 14.2 Å². The summed E-state index contributed by atoms with van der Waals surface area (Å²) in [6, 6.07) is 3.52. The number of ether oxygens (including phenoxy) is 3. The summed E-state index contributed by atoms with van der Waals surface area (Å²) < 4.78 is 15.7. The second kappa shape index (κ2) is 9.28. The monoisotopic (exact) mass is 304 g/mol. The molecule has 0 spiro atoms. The average molecular weight is 305 g/mol. The minimum absolute atomic E-state index is 0. The van der Waals surface area contributed by atoms with E-state index in [-0.39, 0.29) is 24.9 Å². The number of hydrogen-bond donors (Lipinski definition) is 2. The fourth-order valence-electron chi connectivity index (χ4n) is 1.65. The first-order valence-corrected chi connectivity index (χ1v) is 5.86. The Bertz CT molecular complexity index is 441. The molecule has 0 heterocycles. The summed E-state index contributed by atoms with van der Waals surface area (Å²) in [5.41, 5.74) is 0.824. The molecule has 2 N–H and O–H groups in total. The predicted octanol–water partition coefficient (Wildman–Crippen LogP) is 0.970. The molecule has 0 atom stereocenters. The molecule has 6 nitrogen and oxygen atoms in total. The molecule has 0 saturated carbocycles. The van der Waals surface area contributed by atoms with Gasteiger partial charge in [0, 0.05) is 18.2 Å². The van der Waals surface area contributed by atoms with Gasteiger partial charge in [-0.2, -0.15) is 0 Å².